The third-order valence-electron chi connectivity index (χ3n) is 1.54. The summed E-state index contributed by atoms with van der Waals surface area (Å²) in [7, 11) is 0. The molecule has 0 aromatic carbocycles. The van der Waals surface area contributed by atoms with Gasteiger partial charge in [0.1, 0.15) is 0 Å². The second-order valence-electron chi connectivity index (χ2n) is 3.00. The first-order valence-corrected chi connectivity index (χ1v) is 5.89. The van der Waals surface area contributed by atoms with Crippen molar-refractivity contribution >= 4 is 28.3 Å². The number of carbonyl (C=O) groups is 2. The molecule has 0 saturated heterocycles. The number of allylic oxidation sites excluding steroid dienone is 2. The van der Waals surface area contributed by atoms with Gasteiger partial charge in [-0.25, -0.2) is 0 Å². The first-order valence-electron chi connectivity index (χ1n) is 3.79. The third-order valence-corrected chi connectivity index (χ3v) is 2.39. The molecule has 3 nitrogen and oxygen atoms in total. The minimum absolute atomic E-state index is 0. The number of carboxylic acid groups (broad SMARTS) is 1. The fourth-order valence-corrected chi connectivity index (χ4v) is 1.28. The second kappa shape index (κ2) is 7.43. The van der Waals surface area contributed by atoms with Crippen LogP contribution >= 0.6 is 0 Å². The predicted octanol–water partition coefficient (Wildman–Crippen LogP) is -4.40. The molecule has 5 heteroatoms. The Morgan fingerprint density at radius 3 is 2.15 bits per heavy atom. The van der Waals surface area contributed by atoms with E-state index in [9.17, 15) is 14.7 Å². The van der Waals surface area contributed by atoms with Crippen molar-refractivity contribution in [2.24, 2.45) is 5.92 Å². The fourth-order valence-electron chi connectivity index (χ4n) is 0.782. The largest absolute Gasteiger partial charge is 1.00 e. The first kappa shape index (κ1) is 15.5. The maximum Gasteiger partial charge on any atom is 1.00 e. The Balaban J connectivity index is 0. The number of aliphatic carboxylic acids is 1. The summed E-state index contributed by atoms with van der Waals surface area (Å²) in [4.78, 5) is 21.2. The number of Topliss-reactive ketones (excluding diaryl/α,β-unsaturated/α-hetero) is 1. The molecular weight excluding hydrogens is 224 g/mol. The zero-order valence-electron chi connectivity index (χ0n) is 8.59. The maximum atomic E-state index is 10.8. The molecule has 13 heavy (non-hydrogen) atoms. The van der Waals surface area contributed by atoms with Crippen molar-refractivity contribution < 1.29 is 33.6 Å². The van der Waals surface area contributed by atoms with Gasteiger partial charge in [0.2, 0.25) is 0 Å². The molecule has 0 rings (SSSR count). The molecule has 0 aliphatic heterocycles. The van der Waals surface area contributed by atoms with Gasteiger partial charge in [0.05, 0.1) is 0 Å². The van der Waals surface area contributed by atoms with E-state index < -0.39 is 11.9 Å². The molecule has 0 N–H and O–H groups in total. The van der Waals surface area contributed by atoms with Crippen molar-refractivity contribution in [2.75, 3.05) is 0 Å². The molecule has 0 saturated carbocycles. The van der Waals surface area contributed by atoms with Crippen molar-refractivity contribution in [3.8, 4) is 0 Å². The van der Waals surface area contributed by atoms with Crippen LogP contribution in [0.15, 0.2) is 10.5 Å². The average Bonchev–Trinajstić information content (AvgIpc) is 1.84. The molecule has 1 atom stereocenters. The van der Waals surface area contributed by atoms with Gasteiger partial charge in [-0.15, -0.1) is 0 Å². The van der Waals surface area contributed by atoms with Gasteiger partial charge in [-0.2, -0.15) is 0 Å². The van der Waals surface area contributed by atoms with Gasteiger partial charge in [0.15, 0.2) is 0 Å². The summed E-state index contributed by atoms with van der Waals surface area (Å²) >= 11 is 0.570. The zero-order valence-corrected chi connectivity index (χ0v) is 12.8. The van der Waals surface area contributed by atoms with Crippen LogP contribution < -0.4 is 24.0 Å². The Bertz CT molecular complexity index is 207. The standard InChI is InChI=1S/C8H14GeO3.Li/c1-5(9)3-4-7(6(2)10)8(11)12;/h3,7H,4H2,1-2,9H3,(H,11,12);/q;+1/p-1/b5-3+;. The van der Waals surface area contributed by atoms with Crippen LogP contribution in [0.25, 0.3) is 0 Å². The molecule has 0 aromatic rings. The normalized spacial score (nSPS) is 13.2. The van der Waals surface area contributed by atoms with Crippen molar-refractivity contribution in [2.45, 2.75) is 20.3 Å². The van der Waals surface area contributed by atoms with E-state index in [0.29, 0.717) is 16.5 Å². The Morgan fingerprint density at radius 1 is 1.46 bits per heavy atom. The number of hydrogen-bond acceptors (Lipinski definition) is 3. The van der Waals surface area contributed by atoms with Gasteiger partial charge in [-0.3, -0.25) is 0 Å². The van der Waals surface area contributed by atoms with Crippen molar-refractivity contribution in [1.29, 1.82) is 0 Å². The summed E-state index contributed by atoms with van der Waals surface area (Å²) in [5, 5.41) is 10.4. The van der Waals surface area contributed by atoms with E-state index >= 15 is 0 Å². The smallest absolute Gasteiger partial charge is 1.00 e. The topological polar surface area (TPSA) is 57.2 Å². The molecule has 0 bridgehead atoms. The van der Waals surface area contributed by atoms with Crippen LogP contribution in [-0.4, -0.2) is 28.3 Å². The van der Waals surface area contributed by atoms with E-state index in [1.54, 1.807) is 0 Å². The molecule has 0 heterocycles. The SMILES string of the molecule is CC(=O)C(C/C=[C](\C)[GeH3])C(=O)[O-].[Li+]. The van der Waals surface area contributed by atoms with Gasteiger partial charge in [0.25, 0.3) is 0 Å². The second-order valence-corrected chi connectivity index (χ2v) is 6.31. The van der Waals surface area contributed by atoms with Crippen LogP contribution in [0.5, 0.6) is 0 Å². The molecule has 68 valence electrons. The molecule has 0 amide bonds. The van der Waals surface area contributed by atoms with Gasteiger partial charge >= 0.3 is 98.5 Å². The number of rotatable bonds is 4. The summed E-state index contributed by atoms with van der Waals surface area (Å²) in [6, 6.07) is 0. The van der Waals surface area contributed by atoms with Gasteiger partial charge < -0.3 is 0 Å². The Hall–Kier alpha value is 0.0203. The van der Waals surface area contributed by atoms with Crippen LogP contribution in [0.2, 0.25) is 0 Å². The monoisotopic (exact) mass is 238 g/mol. The molecule has 1 unspecified atom stereocenters. The van der Waals surface area contributed by atoms with E-state index in [2.05, 4.69) is 0 Å². The summed E-state index contributed by atoms with van der Waals surface area (Å²) in [5.41, 5.74) is 0. The van der Waals surface area contributed by atoms with Gasteiger partial charge in [-0.1, -0.05) is 0 Å². The quantitative estimate of drug-likeness (QED) is 0.366. The Labute approximate surface area is 98.4 Å². The average molecular weight is 237 g/mol. The molecule has 0 aliphatic carbocycles. The Morgan fingerprint density at radius 2 is 1.92 bits per heavy atom. The number of carbonyl (C=O) groups excluding carboxylic acids is 2. The third kappa shape index (κ3) is 7.12. The van der Waals surface area contributed by atoms with Crippen LogP contribution in [0.1, 0.15) is 20.3 Å². The van der Waals surface area contributed by atoms with Gasteiger partial charge in [-0.05, 0) is 0 Å². The van der Waals surface area contributed by atoms with Crippen LogP contribution in [0.4, 0.5) is 0 Å². The van der Waals surface area contributed by atoms with Crippen LogP contribution in [0.3, 0.4) is 0 Å². The summed E-state index contributed by atoms with van der Waals surface area (Å²) in [5.74, 6) is -2.56. The summed E-state index contributed by atoms with van der Waals surface area (Å²) < 4.78 is 1.19. The molecular formula is C8H13GeLiO3. The van der Waals surface area contributed by atoms with Crippen LogP contribution in [-0.2, 0) is 9.59 Å². The first-order chi connectivity index (χ1) is 5.45. The van der Waals surface area contributed by atoms with E-state index in [1.807, 2.05) is 13.0 Å². The minimum Gasteiger partial charge on any atom is 1.00 e. The number of hydrogen-bond donors (Lipinski definition) is 0. The summed E-state index contributed by atoms with van der Waals surface area (Å²) in [6.07, 6.45) is 2.09. The van der Waals surface area contributed by atoms with Crippen molar-refractivity contribution in [1.82, 2.24) is 0 Å². The van der Waals surface area contributed by atoms with E-state index in [0.717, 1.165) is 0 Å². The number of ketones is 1. The van der Waals surface area contributed by atoms with Crippen molar-refractivity contribution in [3.05, 3.63) is 10.5 Å². The van der Waals surface area contributed by atoms with Crippen molar-refractivity contribution in [3.63, 3.8) is 0 Å². The molecule has 0 fully saturated rings. The van der Waals surface area contributed by atoms with E-state index in [-0.39, 0.29) is 31.1 Å². The van der Waals surface area contributed by atoms with Crippen LogP contribution in [0, 0.1) is 5.92 Å². The molecule has 0 spiro atoms. The Kier molecular flexibility index (Phi) is 8.85. The molecule has 0 aliphatic rings. The minimum atomic E-state index is -1.27. The van der Waals surface area contributed by atoms with E-state index in [4.69, 9.17) is 0 Å². The molecule has 0 radical (unpaired) electrons. The summed E-state index contributed by atoms with van der Waals surface area (Å²) in [6.45, 7) is 3.22. The maximum absolute atomic E-state index is 10.8. The van der Waals surface area contributed by atoms with E-state index in [1.165, 1.54) is 11.3 Å². The molecule has 0 aromatic heterocycles. The fraction of sp³-hybridized carbons (Fsp3) is 0.500. The predicted molar refractivity (Wildman–Crippen MR) is 47.5 cm³/mol. The number of carboxylic acids is 1. The zero-order chi connectivity index (χ0) is 9.72. The van der Waals surface area contributed by atoms with Gasteiger partial charge in [0, 0.05) is 0 Å².